The molecule has 0 heterocycles. The van der Waals surface area contributed by atoms with Crippen LogP contribution in [0.25, 0.3) is 0 Å². The van der Waals surface area contributed by atoms with E-state index in [0.29, 0.717) is 0 Å². The van der Waals surface area contributed by atoms with Gasteiger partial charge in [-0.2, -0.15) is 0 Å². The molecule has 0 aliphatic heterocycles. The number of nitrogens with two attached hydrogens (primary N) is 2. The summed E-state index contributed by atoms with van der Waals surface area (Å²) in [6, 6.07) is 0. The second-order valence-electron chi connectivity index (χ2n) is 1.55. The van der Waals surface area contributed by atoms with Gasteiger partial charge in [-0.3, -0.25) is 10.8 Å². The summed E-state index contributed by atoms with van der Waals surface area (Å²) in [5.41, 5.74) is 6.53. The van der Waals surface area contributed by atoms with Crippen LogP contribution in [0.5, 0.6) is 0 Å². The molecule has 0 aliphatic carbocycles. The maximum atomic E-state index is 9.75. The van der Waals surface area contributed by atoms with Gasteiger partial charge < -0.3 is 40.3 Å². The van der Waals surface area contributed by atoms with E-state index in [0.717, 1.165) is 0 Å². The van der Waals surface area contributed by atoms with E-state index in [1.165, 1.54) is 0 Å². The molecule has 14 heteroatoms. The smallest absolute Gasteiger partial charge is 0.418 e. The molecule has 6 N–H and O–H groups in total. The first-order valence-electron chi connectivity index (χ1n) is 2.82. The van der Waals surface area contributed by atoms with Crippen LogP contribution in [0.3, 0.4) is 0 Å². The minimum atomic E-state index is -6.00. The molecule has 0 saturated heterocycles. The number of nitrogens with one attached hydrogen (secondary N) is 2. The Morgan fingerprint density at radius 3 is 0.933 bits per heavy atom. The van der Waals surface area contributed by atoms with Gasteiger partial charge >= 0.3 is 14.5 Å². The van der Waals surface area contributed by atoms with Gasteiger partial charge in [0.15, 0.2) is 5.96 Å². The fourth-order valence-corrected chi connectivity index (χ4v) is 0. The van der Waals surface area contributed by atoms with Crippen molar-refractivity contribution in [2.24, 2.45) is 11.6 Å². The SMILES string of the molecule is F[B-](F)(F)F.F[B-](F)(F)F.N=C(N)NN. The minimum Gasteiger partial charge on any atom is -0.418 e. The van der Waals surface area contributed by atoms with Gasteiger partial charge in [0.25, 0.3) is 0 Å². The summed E-state index contributed by atoms with van der Waals surface area (Å²) in [5.74, 6) is 4.35. The molecule has 0 bridgehead atoms. The van der Waals surface area contributed by atoms with Crippen molar-refractivity contribution in [1.29, 1.82) is 5.41 Å². The second kappa shape index (κ2) is 8.14. The third-order valence-electron chi connectivity index (χ3n) is 0.156. The molecule has 0 amide bonds. The molecule has 0 spiro atoms. The molecule has 0 rings (SSSR count). The van der Waals surface area contributed by atoms with Crippen LogP contribution in [0.2, 0.25) is 0 Å². The van der Waals surface area contributed by atoms with Crippen LogP contribution in [0.1, 0.15) is 0 Å². The lowest BCUT2D eigenvalue weighted by atomic mass is 10.3. The predicted octanol–water partition coefficient (Wildman–Crippen LogP) is 0.943. The molecular weight excluding hydrogens is 242 g/mol. The van der Waals surface area contributed by atoms with Crippen molar-refractivity contribution in [3.05, 3.63) is 0 Å². The number of hydrogen-bond donors (Lipinski definition) is 4. The highest BCUT2D eigenvalue weighted by atomic mass is 19.5. The van der Waals surface area contributed by atoms with E-state index in [1.807, 2.05) is 5.43 Å². The predicted molar refractivity (Wildman–Crippen MR) is 39.6 cm³/mol. The van der Waals surface area contributed by atoms with Crippen LogP contribution in [0.4, 0.5) is 34.5 Å². The van der Waals surface area contributed by atoms with Crippen LogP contribution < -0.4 is 17.0 Å². The van der Waals surface area contributed by atoms with Gasteiger partial charge in [0.2, 0.25) is 0 Å². The average Bonchev–Trinajstić information content (AvgIpc) is 1.79. The largest absolute Gasteiger partial charge is 0.673 e. The second-order valence-corrected chi connectivity index (χ2v) is 1.55. The fourth-order valence-electron chi connectivity index (χ4n) is 0. The Morgan fingerprint density at radius 2 is 0.933 bits per heavy atom. The van der Waals surface area contributed by atoms with Crippen molar-refractivity contribution < 1.29 is 34.5 Å². The molecule has 0 saturated carbocycles. The summed E-state index contributed by atoms with van der Waals surface area (Å²) < 4.78 is 78.0. The average molecular weight is 248 g/mol. The Morgan fingerprint density at radius 1 is 0.867 bits per heavy atom. The Hall–Kier alpha value is -1.20. The molecule has 0 aromatic heterocycles. The number of rotatable bonds is 0. The molecule has 0 fully saturated rings. The third kappa shape index (κ3) is 2330. The highest BCUT2D eigenvalue weighted by Gasteiger charge is 2.21. The molecule has 4 nitrogen and oxygen atoms in total. The number of guanidine groups is 1. The van der Waals surface area contributed by atoms with Crippen molar-refractivity contribution in [2.45, 2.75) is 0 Å². The summed E-state index contributed by atoms with van der Waals surface area (Å²) >= 11 is 0. The maximum absolute atomic E-state index is 9.75. The fraction of sp³-hybridized carbons (Fsp3) is 0. The first-order valence-corrected chi connectivity index (χ1v) is 2.82. The van der Waals surface area contributed by atoms with Crippen LogP contribution in [-0.4, -0.2) is 20.5 Å². The molecule has 0 aliphatic rings. The van der Waals surface area contributed by atoms with E-state index in [2.05, 4.69) is 11.6 Å². The zero-order chi connectivity index (χ0) is 13.3. The van der Waals surface area contributed by atoms with Crippen molar-refractivity contribution in [1.82, 2.24) is 5.43 Å². The zero-order valence-corrected chi connectivity index (χ0v) is 6.83. The lowest BCUT2D eigenvalue weighted by Gasteiger charge is -1.94. The molecular formula is CH6B2F8N4-2. The van der Waals surface area contributed by atoms with Gasteiger partial charge in [-0.1, -0.05) is 0 Å². The van der Waals surface area contributed by atoms with Crippen molar-refractivity contribution in [3.8, 4) is 0 Å². The summed E-state index contributed by atoms with van der Waals surface area (Å²) in [4.78, 5) is 0. The minimum absolute atomic E-state index is 0.218. The van der Waals surface area contributed by atoms with E-state index in [4.69, 9.17) is 5.41 Å². The van der Waals surface area contributed by atoms with E-state index in [9.17, 15) is 34.5 Å². The maximum Gasteiger partial charge on any atom is 0.673 e. The summed E-state index contributed by atoms with van der Waals surface area (Å²) in [7, 11) is -12.0. The summed E-state index contributed by atoms with van der Waals surface area (Å²) in [6.45, 7) is 0. The monoisotopic (exact) mass is 248 g/mol. The van der Waals surface area contributed by atoms with E-state index < -0.39 is 14.5 Å². The van der Waals surface area contributed by atoms with Gasteiger partial charge in [-0.05, 0) is 0 Å². The first-order chi connectivity index (χ1) is 6.27. The van der Waals surface area contributed by atoms with Crippen LogP contribution in [-0.2, 0) is 0 Å². The van der Waals surface area contributed by atoms with Gasteiger partial charge in [0.1, 0.15) is 0 Å². The molecule has 94 valence electrons. The molecule has 0 unspecified atom stereocenters. The van der Waals surface area contributed by atoms with Crippen LogP contribution in [0, 0.1) is 5.41 Å². The molecule has 0 radical (unpaired) electrons. The van der Waals surface area contributed by atoms with E-state index in [-0.39, 0.29) is 5.96 Å². The Labute approximate surface area is 78.7 Å². The number of hydrazine groups is 1. The molecule has 0 aromatic carbocycles. The highest BCUT2D eigenvalue weighted by Crippen LogP contribution is 2.07. The third-order valence-corrected chi connectivity index (χ3v) is 0.156. The Bertz CT molecular complexity index is 139. The van der Waals surface area contributed by atoms with Gasteiger partial charge in [0.05, 0.1) is 0 Å². The normalized spacial score (nSPS) is 10.2. The number of halogens is 8. The van der Waals surface area contributed by atoms with E-state index in [1.54, 1.807) is 0 Å². The van der Waals surface area contributed by atoms with Crippen LogP contribution >= 0.6 is 0 Å². The zero-order valence-electron chi connectivity index (χ0n) is 6.83. The van der Waals surface area contributed by atoms with Gasteiger partial charge in [-0.15, -0.1) is 0 Å². The molecule has 0 aromatic rings. The molecule has 15 heavy (non-hydrogen) atoms. The lowest BCUT2D eigenvalue weighted by molar-refractivity contribution is 0.366. The van der Waals surface area contributed by atoms with Crippen molar-refractivity contribution >= 4 is 20.5 Å². The van der Waals surface area contributed by atoms with Crippen LogP contribution in [0.15, 0.2) is 0 Å². The summed E-state index contributed by atoms with van der Waals surface area (Å²) in [5, 5.41) is 6.28. The van der Waals surface area contributed by atoms with Crippen molar-refractivity contribution in [2.75, 3.05) is 0 Å². The Balaban J connectivity index is -0.000000144. The first kappa shape index (κ1) is 19.4. The highest BCUT2D eigenvalue weighted by molar-refractivity contribution is 6.50. The van der Waals surface area contributed by atoms with Crippen molar-refractivity contribution in [3.63, 3.8) is 0 Å². The quantitative estimate of drug-likeness (QED) is 0.128. The van der Waals surface area contributed by atoms with Gasteiger partial charge in [-0.25, -0.2) is 5.84 Å². The van der Waals surface area contributed by atoms with E-state index >= 15 is 0 Å². The lowest BCUT2D eigenvalue weighted by Crippen LogP contribution is -2.35. The Kier molecular flexibility index (Phi) is 10.5. The number of hydrogen-bond acceptors (Lipinski definition) is 2. The standard InChI is InChI=1S/CH6N4.2BF4/c2-1(3)5-4;2*2-1(3,4)5/h4H2,(H4,2,3,5);;/q;2*-1. The van der Waals surface area contributed by atoms with Gasteiger partial charge in [0, 0.05) is 0 Å². The molecule has 0 atom stereocenters. The summed E-state index contributed by atoms with van der Waals surface area (Å²) in [6.07, 6.45) is 0. The topological polar surface area (TPSA) is 87.9 Å².